The highest BCUT2D eigenvalue weighted by molar-refractivity contribution is 6.30. The number of rotatable bonds is 2. The van der Waals surface area contributed by atoms with Crippen molar-refractivity contribution in [2.24, 2.45) is 5.10 Å². The average molecular weight is 269 g/mol. The molecule has 0 amide bonds. The molecule has 0 atom stereocenters. The fourth-order valence-corrected chi connectivity index (χ4v) is 2.31. The van der Waals surface area contributed by atoms with Gasteiger partial charge < -0.3 is 0 Å². The third-order valence-corrected chi connectivity index (χ3v) is 3.43. The van der Waals surface area contributed by atoms with Crippen LogP contribution < -0.4 is 5.43 Å². The van der Waals surface area contributed by atoms with E-state index in [2.05, 4.69) is 29.2 Å². The first-order chi connectivity index (χ1) is 9.24. The molecule has 94 valence electrons. The highest BCUT2D eigenvalue weighted by Crippen LogP contribution is 2.22. The molecule has 0 aromatic heterocycles. The Morgan fingerprint density at radius 3 is 2.42 bits per heavy atom. The van der Waals surface area contributed by atoms with Gasteiger partial charge in [-0.15, -0.1) is 0 Å². The highest BCUT2D eigenvalue weighted by atomic mass is 35.5. The summed E-state index contributed by atoms with van der Waals surface area (Å²) in [6, 6.07) is 16.0. The number of hydrogen-bond acceptors (Lipinski definition) is 2. The maximum Gasteiger partial charge on any atom is 0.0729 e. The van der Waals surface area contributed by atoms with Crippen LogP contribution in [0, 0.1) is 0 Å². The summed E-state index contributed by atoms with van der Waals surface area (Å²) >= 11 is 5.90. The zero-order chi connectivity index (χ0) is 13.2. The molecule has 2 nitrogen and oxygen atoms in total. The summed E-state index contributed by atoms with van der Waals surface area (Å²) in [5, 5.41) is 5.15. The SMILES string of the molecule is C=C1NN=C(Cc2ccc(Cl)cc2)c2ccccc21. The molecule has 1 aliphatic heterocycles. The van der Waals surface area contributed by atoms with Crippen LogP contribution in [0.1, 0.15) is 16.7 Å². The molecule has 0 saturated heterocycles. The molecule has 0 radical (unpaired) electrons. The van der Waals surface area contributed by atoms with Gasteiger partial charge in [0.25, 0.3) is 0 Å². The van der Waals surface area contributed by atoms with E-state index in [1.54, 1.807) is 0 Å². The lowest BCUT2D eigenvalue weighted by molar-refractivity contribution is 0.965. The lowest BCUT2D eigenvalue weighted by Crippen LogP contribution is -2.20. The number of hydrogen-bond donors (Lipinski definition) is 1. The quantitative estimate of drug-likeness (QED) is 0.879. The van der Waals surface area contributed by atoms with Gasteiger partial charge in [-0.1, -0.05) is 54.6 Å². The van der Waals surface area contributed by atoms with Crippen molar-refractivity contribution in [2.45, 2.75) is 6.42 Å². The molecule has 0 spiro atoms. The van der Waals surface area contributed by atoms with E-state index in [1.807, 2.05) is 36.4 Å². The van der Waals surface area contributed by atoms with Gasteiger partial charge in [0.2, 0.25) is 0 Å². The number of nitrogens with zero attached hydrogens (tertiary/aromatic N) is 1. The maximum absolute atomic E-state index is 5.90. The second kappa shape index (κ2) is 4.90. The lowest BCUT2D eigenvalue weighted by Gasteiger charge is -2.19. The van der Waals surface area contributed by atoms with Crippen LogP contribution in [-0.4, -0.2) is 5.71 Å². The van der Waals surface area contributed by atoms with Gasteiger partial charge in [0.15, 0.2) is 0 Å². The molecule has 0 fully saturated rings. The monoisotopic (exact) mass is 268 g/mol. The second-order valence-corrected chi connectivity index (χ2v) is 4.93. The number of nitrogens with one attached hydrogen (secondary N) is 1. The van der Waals surface area contributed by atoms with Crippen LogP contribution in [0.15, 0.2) is 60.2 Å². The Morgan fingerprint density at radius 1 is 1.00 bits per heavy atom. The van der Waals surface area contributed by atoms with Crippen molar-refractivity contribution in [2.75, 3.05) is 0 Å². The fraction of sp³-hybridized carbons (Fsp3) is 0.0625. The number of fused-ring (bicyclic) bond motifs is 1. The van der Waals surface area contributed by atoms with Crippen molar-refractivity contribution in [3.63, 3.8) is 0 Å². The molecular formula is C16H13ClN2. The molecule has 2 aromatic rings. The van der Waals surface area contributed by atoms with E-state index >= 15 is 0 Å². The molecule has 1 heterocycles. The van der Waals surface area contributed by atoms with Crippen LogP contribution in [-0.2, 0) is 6.42 Å². The predicted octanol–water partition coefficient (Wildman–Crippen LogP) is 3.86. The van der Waals surface area contributed by atoms with Crippen molar-refractivity contribution in [3.8, 4) is 0 Å². The minimum absolute atomic E-state index is 0.751. The third-order valence-electron chi connectivity index (χ3n) is 3.17. The highest BCUT2D eigenvalue weighted by Gasteiger charge is 2.16. The summed E-state index contributed by atoms with van der Waals surface area (Å²) < 4.78 is 0. The van der Waals surface area contributed by atoms with Gasteiger partial charge in [0.1, 0.15) is 0 Å². The maximum atomic E-state index is 5.90. The first kappa shape index (κ1) is 12.0. The Kier molecular flexibility index (Phi) is 3.10. The Balaban J connectivity index is 1.94. The van der Waals surface area contributed by atoms with Crippen LogP contribution >= 0.6 is 11.6 Å². The van der Waals surface area contributed by atoms with E-state index in [0.717, 1.165) is 34.0 Å². The Morgan fingerprint density at radius 2 is 1.68 bits per heavy atom. The van der Waals surface area contributed by atoms with E-state index in [4.69, 9.17) is 11.6 Å². The average Bonchev–Trinajstić information content (AvgIpc) is 2.45. The standard InChI is InChI=1S/C16H13ClN2/c1-11-14-4-2-3-5-15(14)16(19-18-11)10-12-6-8-13(17)9-7-12/h2-9,18H,1,10H2. The van der Waals surface area contributed by atoms with Crippen molar-refractivity contribution in [1.82, 2.24) is 5.43 Å². The Bertz CT molecular complexity index is 657. The number of halogens is 1. The largest absolute Gasteiger partial charge is 0.278 e. The van der Waals surface area contributed by atoms with Crippen molar-refractivity contribution in [1.29, 1.82) is 0 Å². The summed E-state index contributed by atoms with van der Waals surface area (Å²) in [4.78, 5) is 0. The van der Waals surface area contributed by atoms with E-state index < -0.39 is 0 Å². The molecule has 3 rings (SSSR count). The van der Waals surface area contributed by atoms with Crippen LogP contribution in [0.5, 0.6) is 0 Å². The van der Waals surface area contributed by atoms with Gasteiger partial charge in [0, 0.05) is 22.6 Å². The fourth-order valence-electron chi connectivity index (χ4n) is 2.18. The molecule has 1 aliphatic rings. The van der Waals surface area contributed by atoms with Crippen molar-refractivity contribution >= 4 is 23.0 Å². The third kappa shape index (κ3) is 2.40. The molecule has 0 unspecified atom stereocenters. The van der Waals surface area contributed by atoms with E-state index in [1.165, 1.54) is 5.56 Å². The zero-order valence-electron chi connectivity index (χ0n) is 10.4. The molecule has 0 saturated carbocycles. The number of hydrazone groups is 1. The summed E-state index contributed by atoms with van der Waals surface area (Å²) in [5.74, 6) is 0. The molecule has 1 N–H and O–H groups in total. The summed E-state index contributed by atoms with van der Waals surface area (Å²) in [7, 11) is 0. The van der Waals surface area contributed by atoms with Crippen molar-refractivity contribution in [3.05, 3.63) is 76.8 Å². The molecule has 0 bridgehead atoms. The summed E-state index contributed by atoms with van der Waals surface area (Å²) in [6.07, 6.45) is 0.772. The number of benzene rings is 2. The molecule has 3 heteroatoms. The summed E-state index contributed by atoms with van der Waals surface area (Å²) in [6.45, 7) is 3.97. The first-order valence-electron chi connectivity index (χ1n) is 6.10. The molecular weight excluding hydrogens is 256 g/mol. The minimum Gasteiger partial charge on any atom is -0.278 e. The van der Waals surface area contributed by atoms with Gasteiger partial charge in [-0.2, -0.15) is 5.10 Å². The van der Waals surface area contributed by atoms with Crippen LogP contribution in [0.25, 0.3) is 5.70 Å². The van der Waals surface area contributed by atoms with Gasteiger partial charge in [-0.25, -0.2) is 0 Å². The normalized spacial score (nSPS) is 13.5. The van der Waals surface area contributed by atoms with E-state index in [9.17, 15) is 0 Å². The van der Waals surface area contributed by atoms with Gasteiger partial charge in [0.05, 0.1) is 11.4 Å². The van der Waals surface area contributed by atoms with Crippen LogP contribution in [0.3, 0.4) is 0 Å². The van der Waals surface area contributed by atoms with Crippen LogP contribution in [0.2, 0.25) is 5.02 Å². The molecule has 0 aliphatic carbocycles. The molecule has 2 aromatic carbocycles. The zero-order valence-corrected chi connectivity index (χ0v) is 11.1. The van der Waals surface area contributed by atoms with Gasteiger partial charge >= 0.3 is 0 Å². The smallest absolute Gasteiger partial charge is 0.0729 e. The van der Waals surface area contributed by atoms with Gasteiger partial charge in [-0.3, -0.25) is 5.43 Å². The van der Waals surface area contributed by atoms with Gasteiger partial charge in [-0.05, 0) is 17.7 Å². The molecule has 19 heavy (non-hydrogen) atoms. The Labute approximate surface area is 117 Å². The second-order valence-electron chi connectivity index (χ2n) is 4.50. The summed E-state index contributed by atoms with van der Waals surface area (Å²) in [5.41, 5.74) is 8.29. The van der Waals surface area contributed by atoms with Crippen molar-refractivity contribution < 1.29 is 0 Å². The van der Waals surface area contributed by atoms with E-state index in [-0.39, 0.29) is 0 Å². The van der Waals surface area contributed by atoms with E-state index in [0.29, 0.717) is 0 Å². The predicted molar refractivity (Wildman–Crippen MR) is 80.3 cm³/mol. The first-order valence-corrected chi connectivity index (χ1v) is 6.47. The van der Waals surface area contributed by atoms with Crippen LogP contribution in [0.4, 0.5) is 0 Å². The minimum atomic E-state index is 0.751. The Hall–Kier alpha value is -2.06. The topological polar surface area (TPSA) is 24.4 Å². The lowest BCUT2D eigenvalue weighted by atomic mass is 9.95.